The molecule has 0 unspecified atom stereocenters. The van der Waals surface area contributed by atoms with E-state index in [1.165, 1.54) is 11.9 Å². The number of methoxy groups -OCH3 is 1. The maximum atomic E-state index is 12.4. The predicted octanol–water partition coefficient (Wildman–Crippen LogP) is 5.07. The van der Waals surface area contributed by atoms with Crippen molar-refractivity contribution in [1.82, 2.24) is 0 Å². The quantitative estimate of drug-likeness (QED) is 0.610. The van der Waals surface area contributed by atoms with Crippen molar-refractivity contribution in [2.75, 3.05) is 17.1 Å². The number of para-hydroxylation sites is 1. The number of hydrogen-bond donors (Lipinski definition) is 2. The minimum atomic E-state index is -0.146. The molecule has 0 aromatic heterocycles. The number of benzene rings is 3. The number of hydrogen-bond acceptors (Lipinski definition) is 4. The minimum Gasteiger partial charge on any atom is -0.497 e. The molecule has 3 aromatic carbocycles. The summed E-state index contributed by atoms with van der Waals surface area (Å²) in [6.45, 7) is 0. The summed E-state index contributed by atoms with van der Waals surface area (Å²) >= 11 is 1.47. The zero-order valence-corrected chi connectivity index (χ0v) is 14.5. The van der Waals surface area contributed by atoms with Gasteiger partial charge in [-0.15, -0.1) is 0 Å². The number of amides is 1. The van der Waals surface area contributed by atoms with E-state index in [1.54, 1.807) is 13.2 Å². The van der Waals surface area contributed by atoms with Gasteiger partial charge in [-0.1, -0.05) is 24.3 Å². The van der Waals surface area contributed by atoms with Crippen LogP contribution in [-0.4, -0.2) is 13.0 Å². The molecule has 0 aliphatic heterocycles. The summed E-state index contributed by atoms with van der Waals surface area (Å²) in [5.41, 5.74) is 2.35. The van der Waals surface area contributed by atoms with Crippen molar-refractivity contribution in [3.63, 3.8) is 0 Å². The summed E-state index contributed by atoms with van der Waals surface area (Å²) in [5.74, 6) is 0.607. The summed E-state index contributed by atoms with van der Waals surface area (Å²) in [6, 6.07) is 24.6. The molecular weight excluding hydrogens is 332 g/mol. The first kappa shape index (κ1) is 16.9. The average molecular weight is 350 g/mol. The molecule has 0 aliphatic rings. The number of carbonyl (C=O) groups is 1. The monoisotopic (exact) mass is 350 g/mol. The summed E-state index contributed by atoms with van der Waals surface area (Å²) in [7, 11) is 1.61. The number of nitrogens with one attached hydrogen (secondary N) is 2. The topological polar surface area (TPSA) is 50.4 Å². The van der Waals surface area contributed by atoms with E-state index in [9.17, 15) is 4.79 Å². The molecule has 0 bridgehead atoms. The summed E-state index contributed by atoms with van der Waals surface area (Å²) in [5, 5.41) is 2.89. The first-order valence-electron chi connectivity index (χ1n) is 7.78. The first-order chi connectivity index (χ1) is 12.2. The third kappa shape index (κ3) is 4.78. The number of rotatable bonds is 6. The van der Waals surface area contributed by atoms with E-state index >= 15 is 0 Å². The van der Waals surface area contributed by atoms with Gasteiger partial charge in [0.2, 0.25) is 0 Å². The van der Waals surface area contributed by atoms with Gasteiger partial charge in [0.1, 0.15) is 5.75 Å². The summed E-state index contributed by atoms with van der Waals surface area (Å²) in [6.07, 6.45) is 0. The molecule has 5 heteroatoms. The van der Waals surface area contributed by atoms with E-state index in [0.29, 0.717) is 5.56 Å². The molecule has 2 N–H and O–H groups in total. The minimum absolute atomic E-state index is 0.146. The van der Waals surface area contributed by atoms with Gasteiger partial charge in [0.25, 0.3) is 5.91 Å². The van der Waals surface area contributed by atoms with Gasteiger partial charge in [-0.2, -0.15) is 0 Å². The van der Waals surface area contributed by atoms with Crippen molar-refractivity contribution in [1.29, 1.82) is 0 Å². The van der Waals surface area contributed by atoms with Gasteiger partial charge in [0, 0.05) is 21.8 Å². The second-order valence-electron chi connectivity index (χ2n) is 5.28. The van der Waals surface area contributed by atoms with E-state index < -0.39 is 0 Å². The maximum absolute atomic E-state index is 12.4. The van der Waals surface area contributed by atoms with Crippen LogP contribution >= 0.6 is 11.9 Å². The van der Waals surface area contributed by atoms with Gasteiger partial charge in [0.05, 0.1) is 7.11 Å². The fraction of sp³-hybridized carbons (Fsp3) is 0.0500. The van der Waals surface area contributed by atoms with Crippen molar-refractivity contribution in [3.05, 3.63) is 84.4 Å². The molecule has 4 nitrogen and oxygen atoms in total. The lowest BCUT2D eigenvalue weighted by Gasteiger charge is -2.08. The van der Waals surface area contributed by atoms with Crippen molar-refractivity contribution < 1.29 is 9.53 Å². The lowest BCUT2D eigenvalue weighted by atomic mass is 10.2. The highest BCUT2D eigenvalue weighted by Crippen LogP contribution is 2.22. The van der Waals surface area contributed by atoms with Gasteiger partial charge in [-0.25, -0.2) is 0 Å². The molecule has 126 valence electrons. The van der Waals surface area contributed by atoms with Crippen LogP contribution in [0.4, 0.5) is 11.4 Å². The highest BCUT2D eigenvalue weighted by Gasteiger charge is 2.07. The van der Waals surface area contributed by atoms with Crippen LogP contribution in [0.5, 0.6) is 5.75 Å². The fourth-order valence-corrected chi connectivity index (χ4v) is 2.91. The molecule has 0 atom stereocenters. The third-order valence-corrected chi connectivity index (χ3v) is 4.33. The molecule has 0 radical (unpaired) electrons. The molecule has 3 aromatic rings. The zero-order chi connectivity index (χ0) is 17.5. The van der Waals surface area contributed by atoms with Crippen LogP contribution < -0.4 is 14.8 Å². The first-order valence-corrected chi connectivity index (χ1v) is 8.59. The molecule has 0 heterocycles. The highest BCUT2D eigenvalue weighted by atomic mass is 32.2. The standard InChI is InChI=1S/C20H18N2O2S/c1-24-18-12-10-16(11-13-18)21-20(23)15-6-5-9-19(14-15)25-22-17-7-3-2-4-8-17/h2-14,22H,1H3,(H,21,23). The van der Waals surface area contributed by atoms with Crippen LogP contribution in [0, 0.1) is 0 Å². The van der Waals surface area contributed by atoms with Gasteiger partial charge >= 0.3 is 0 Å². The van der Waals surface area contributed by atoms with E-state index in [0.717, 1.165) is 22.0 Å². The van der Waals surface area contributed by atoms with Gasteiger partial charge in [-0.05, 0) is 66.5 Å². The molecule has 25 heavy (non-hydrogen) atoms. The maximum Gasteiger partial charge on any atom is 0.255 e. The third-order valence-electron chi connectivity index (χ3n) is 3.50. The van der Waals surface area contributed by atoms with Crippen molar-refractivity contribution in [3.8, 4) is 5.75 Å². The van der Waals surface area contributed by atoms with Crippen molar-refractivity contribution in [2.45, 2.75) is 4.90 Å². The second kappa shape index (κ2) is 8.26. The largest absolute Gasteiger partial charge is 0.497 e. The zero-order valence-electron chi connectivity index (χ0n) is 13.7. The summed E-state index contributed by atoms with van der Waals surface area (Å²) in [4.78, 5) is 13.4. The Bertz CT molecular complexity index is 836. The Morgan fingerprint density at radius 1 is 0.880 bits per heavy atom. The van der Waals surface area contributed by atoms with Crippen LogP contribution in [0.1, 0.15) is 10.4 Å². The average Bonchev–Trinajstić information content (AvgIpc) is 2.68. The molecule has 0 aliphatic carbocycles. The number of ether oxygens (including phenoxy) is 1. The van der Waals surface area contributed by atoms with Crippen LogP contribution in [0.25, 0.3) is 0 Å². The smallest absolute Gasteiger partial charge is 0.255 e. The Hall–Kier alpha value is -2.92. The fourth-order valence-electron chi connectivity index (χ4n) is 2.20. The van der Waals surface area contributed by atoms with E-state index in [4.69, 9.17) is 4.74 Å². The highest BCUT2D eigenvalue weighted by molar-refractivity contribution is 8.00. The molecule has 0 fully saturated rings. The van der Waals surface area contributed by atoms with E-state index in [-0.39, 0.29) is 5.91 Å². The van der Waals surface area contributed by atoms with Gasteiger partial charge in [-0.3, -0.25) is 4.79 Å². The summed E-state index contributed by atoms with van der Waals surface area (Å²) < 4.78 is 8.38. The van der Waals surface area contributed by atoms with Gasteiger partial charge < -0.3 is 14.8 Å². The number of carbonyl (C=O) groups excluding carboxylic acids is 1. The van der Waals surface area contributed by atoms with Gasteiger partial charge in [0.15, 0.2) is 0 Å². The Labute approximate surface area is 151 Å². The van der Waals surface area contributed by atoms with Crippen molar-refractivity contribution in [2.24, 2.45) is 0 Å². The Morgan fingerprint density at radius 2 is 1.64 bits per heavy atom. The lowest BCUT2D eigenvalue weighted by Crippen LogP contribution is -2.11. The van der Waals surface area contributed by atoms with Crippen LogP contribution in [0.3, 0.4) is 0 Å². The van der Waals surface area contributed by atoms with Crippen molar-refractivity contribution >= 4 is 29.2 Å². The molecule has 0 spiro atoms. The normalized spacial score (nSPS) is 10.1. The number of anilines is 2. The van der Waals surface area contributed by atoms with E-state index in [2.05, 4.69) is 10.0 Å². The molecular formula is C20H18N2O2S. The molecule has 0 saturated carbocycles. The van der Waals surface area contributed by atoms with Crippen LogP contribution in [0.15, 0.2) is 83.8 Å². The van der Waals surface area contributed by atoms with Crippen LogP contribution in [-0.2, 0) is 0 Å². The van der Waals surface area contributed by atoms with Crippen LogP contribution in [0.2, 0.25) is 0 Å². The molecule has 3 rings (SSSR count). The second-order valence-corrected chi connectivity index (χ2v) is 6.16. The molecule has 1 amide bonds. The Balaban J connectivity index is 1.64. The Morgan fingerprint density at radius 3 is 2.36 bits per heavy atom. The lowest BCUT2D eigenvalue weighted by molar-refractivity contribution is 0.102. The van der Waals surface area contributed by atoms with E-state index in [1.807, 2.05) is 72.8 Å². The molecule has 0 saturated heterocycles. The Kier molecular flexibility index (Phi) is 5.59. The SMILES string of the molecule is COc1ccc(NC(=O)c2cccc(SNc3ccccc3)c2)cc1. The predicted molar refractivity (Wildman–Crippen MR) is 103 cm³/mol.